The number of nitrogen functional groups attached to an aromatic ring is 1. The van der Waals surface area contributed by atoms with Gasteiger partial charge in [0.25, 0.3) is 5.82 Å². The molecule has 0 atom stereocenters. The van der Waals surface area contributed by atoms with Crippen LogP contribution >= 0.6 is 0 Å². The molecule has 0 bridgehead atoms. The van der Waals surface area contributed by atoms with Crippen LogP contribution in [0.5, 0.6) is 5.75 Å². The fourth-order valence-electron chi connectivity index (χ4n) is 1.34. The summed E-state index contributed by atoms with van der Waals surface area (Å²) in [7, 11) is 1.54. The van der Waals surface area contributed by atoms with Crippen LogP contribution in [0.1, 0.15) is 5.82 Å². The number of hydrogen-bond donors (Lipinski definition) is 1. The lowest BCUT2D eigenvalue weighted by Crippen LogP contribution is -2.02. The molecular weight excluding hydrogens is 206 g/mol. The molecule has 80 valence electrons. The largest absolute Gasteiger partial charge is 0.495 e. The molecule has 6 heteroatoms. The smallest absolute Gasteiger partial charge is 0.252 e. The lowest BCUT2D eigenvalue weighted by molar-refractivity contribution is 0.416. The van der Waals surface area contributed by atoms with Crippen LogP contribution in [0, 0.1) is 11.3 Å². The molecule has 2 rings (SSSR count). The first-order valence-electron chi connectivity index (χ1n) is 4.51. The highest BCUT2D eigenvalue weighted by molar-refractivity contribution is 5.66. The van der Waals surface area contributed by atoms with E-state index in [2.05, 4.69) is 10.1 Å². The molecule has 2 aromatic rings. The van der Waals surface area contributed by atoms with Crippen LogP contribution in [-0.2, 0) is 0 Å². The van der Waals surface area contributed by atoms with Gasteiger partial charge in [-0.15, -0.1) is 5.10 Å². The Kier molecular flexibility index (Phi) is 2.44. The van der Waals surface area contributed by atoms with Crippen molar-refractivity contribution in [2.45, 2.75) is 0 Å². The Morgan fingerprint density at radius 3 is 2.94 bits per heavy atom. The van der Waals surface area contributed by atoms with E-state index in [-0.39, 0.29) is 5.82 Å². The van der Waals surface area contributed by atoms with Gasteiger partial charge in [0.2, 0.25) is 0 Å². The number of para-hydroxylation sites is 1. The number of rotatable bonds is 2. The Morgan fingerprint density at radius 2 is 2.31 bits per heavy atom. The van der Waals surface area contributed by atoms with Gasteiger partial charge < -0.3 is 10.5 Å². The second kappa shape index (κ2) is 3.90. The minimum atomic E-state index is 0.0993. The van der Waals surface area contributed by atoms with E-state index < -0.39 is 0 Å². The average Bonchev–Trinajstić information content (AvgIpc) is 2.78. The van der Waals surface area contributed by atoms with Crippen molar-refractivity contribution in [2.75, 3.05) is 12.8 Å². The summed E-state index contributed by atoms with van der Waals surface area (Å²) in [6, 6.07) is 7.16. The number of benzene rings is 1. The number of methoxy groups -OCH3 is 1. The predicted molar refractivity (Wildman–Crippen MR) is 57.0 cm³/mol. The zero-order chi connectivity index (χ0) is 11.5. The molecule has 0 aliphatic heterocycles. The first-order valence-corrected chi connectivity index (χ1v) is 4.51. The maximum Gasteiger partial charge on any atom is 0.252 e. The van der Waals surface area contributed by atoms with Crippen molar-refractivity contribution in [2.24, 2.45) is 0 Å². The third-order valence-electron chi connectivity index (χ3n) is 2.10. The third-order valence-corrected chi connectivity index (χ3v) is 2.10. The Bertz CT molecular complexity index is 555. The van der Waals surface area contributed by atoms with Crippen molar-refractivity contribution in [1.82, 2.24) is 14.8 Å². The molecule has 0 radical (unpaired) electrons. The Hall–Kier alpha value is -2.55. The van der Waals surface area contributed by atoms with Crippen molar-refractivity contribution in [3.05, 3.63) is 30.4 Å². The van der Waals surface area contributed by atoms with Gasteiger partial charge in [0.1, 0.15) is 23.8 Å². The van der Waals surface area contributed by atoms with Crippen LogP contribution in [0.15, 0.2) is 24.5 Å². The zero-order valence-electron chi connectivity index (χ0n) is 8.58. The highest BCUT2D eigenvalue weighted by atomic mass is 16.5. The topological polar surface area (TPSA) is 89.8 Å². The van der Waals surface area contributed by atoms with Crippen molar-refractivity contribution in [3.63, 3.8) is 0 Å². The normalized spacial score (nSPS) is 9.75. The number of anilines is 1. The van der Waals surface area contributed by atoms with E-state index in [4.69, 9.17) is 15.7 Å². The van der Waals surface area contributed by atoms with Gasteiger partial charge in [0, 0.05) is 0 Å². The number of nitrogens with two attached hydrogens (primary N) is 1. The molecule has 0 unspecified atom stereocenters. The van der Waals surface area contributed by atoms with Crippen molar-refractivity contribution in [3.8, 4) is 17.5 Å². The molecule has 0 saturated heterocycles. The van der Waals surface area contributed by atoms with Gasteiger partial charge >= 0.3 is 0 Å². The summed E-state index contributed by atoms with van der Waals surface area (Å²) in [5.74, 6) is 0.661. The monoisotopic (exact) mass is 215 g/mol. The summed E-state index contributed by atoms with van der Waals surface area (Å²) >= 11 is 0. The van der Waals surface area contributed by atoms with Crippen molar-refractivity contribution in [1.29, 1.82) is 5.26 Å². The molecule has 0 aliphatic carbocycles. The molecule has 6 nitrogen and oxygen atoms in total. The van der Waals surface area contributed by atoms with E-state index in [0.29, 0.717) is 17.1 Å². The van der Waals surface area contributed by atoms with Crippen LogP contribution in [-0.4, -0.2) is 21.9 Å². The average molecular weight is 215 g/mol. The number of ether oxygens (including phenoxy) is 1. The predicted octanol–water partition coefficient (Wildman–Crippen LogP) is 0.730. The molecule has 16 heavy (non-hydrogen) atoms. The molecule has 0 saturated carbocycles. The van der Waals surface area contributed by atoms with Crippen molar-refractivity contribution >= 4 is 5.69 Å². The molecule has 0 fully saturated rings. The molecule has 1 aromatic carbocycles. The molecular formula is C10H9N5O. The van der Waals surface area contributed by atoms with E-state index >= 15 is 0 Å². The van der Waals surface area contributed by atoms with E-state index in [1.165, 1.54) is 18.1 Å². The lowest BCUT2D eigenvalue weighted by atomic mass is 10.2. The third kappa shape index (κ3) is 1.54. The van der Waals surface area contributed by atoms with E-state index in [0.717, 1.165) is 0 Å². The minimum absolute atomic E-state index is 0.0993. The van der Waals surface area contributed by atoms with Gasteiger partial charge in [0.05, 0.1) is 12.8 Å². The Morgan fingerprint density at radius 1 is 1.50 bits per heavy atom. The van der Waals surface area contributed by atoms with E-state index in [1.54, 1.807) is 18.2 Å². The quantitative estimate of drug-likeness (QED) is 0.746. The first kappa shape index (κ1) is 9.98. The van der Waals surface area contributed by atoms with E-state index in [1.807, 2.05) is 6.07 Å². The number of hydrogen-bond acceptors (Lipinski definition) is 5. The molecule has 0 spiro atoms. The van der Waals surface area contributed by atoms with Crippen LogP contribution < -0.4 is 10.5 Å². The maximum atomic E-state index is 8.62. The SMILES string of the molecule is COc1cccc(-n2cnc(C#N)n2)c1N. The van der Waals surface area contributed by atoms with E-state index in [9.17, 15) is 0 Å². The van der Waals surface area contributed by atoms with Gasteiger partial charge in [-0.2, -0.15) is 5.26 Å². The zero-order valence-corrected chi connectivity index (χ0v) is 8.58. The Balaban J connectivity index is 2.52. The molecule has 0 amide bonds. The summed E-state index contributed by atoms with van der Waals surface area (Å²) in [5.41, 5.74) is 6.97. The van der Waals surface area contributed by atoms with Gasteiger partial charge in [0.15, 0.2) is 0 Å². The molecule has 1 heterocycles. The van der Waals surface area contributed by atoms with Gasteiger partial charge in [-0.1, -0.05) is 6.07 Å². The molecule has 1 aromatic heterocycles. The second-order valence-electron chi connectivity index (χ2n) is 3.02. The van der Waals surface area contributed by atoms with Gasteiger partial charge in [-0.3, -0.25) is 0 Å². The first-order chi connectivity index (χ1) is 7.76. The van der Waals surface area contributed by atoms with Gasteiger partial charge in [-0.05, 0) is 12.1 Å². The van der Waals surface area contributed by atoms with Crippen LogP contribution in [0.4, 0.5) is 5.69 Å². The molecule has 2 N–H and O–H groups in total. The summed E-state index contributed by atoms with van der Waals surface area (Å²) in [4.78, 5) is 3.80. The number of aromatic nitrogens is 3. The molecule has 0 aliphatic rings. The summed E-state index contributed by atoms with van der Waals surface area (Å²) in [6.07, 6.45) is 1.43. The number of nitrogens with zero attached hydrogens (tertiary/aromatic N) is 4. The highest BCUT2D eigenvalue weighted by Gasteiger charge is 2.08. The second-order valence-corrected chi connectivity index (χ2v) is 3.02. The maximum absolute atomic E-state index is 8.62. The standard InChI is InChI=1S/C10H9N5O/c1-16-8-4-2-3-7(10(8)12)15-6-13-9(5-11)14-15/h2-4,6H,12H2,1H3. The van der Waals surface area contributed by atoms with Crippen LogP contribution in [0.3, 0.4) is 0 Å². The van der Waals surface area contributed by atoms with Crippen LogP contribution in [0.25, 0.3) is 5.69 Å². The fraction of sp³-hybridized carbons (Fsp3) is 0.100. The van der Waals surface area contributed by atoms with Crippen LogP contribution in [0.2, 0.25) is 0 Å². The fourth-order valence-corrected chi connectivity index (χ4v) is 1.34. The summed E-state index contributed by atoms with van der Waals surface area (Å²) in [6.45, 7) is 0. The Labute approximate surface area is 91.9 Å². The highest BCUT2D eigenvalue weighted by Crippen LogP contribution is 2.26. The minimum Gasteiger partial charge on any atom is -0.495 e. The number of nitriles is 1. The lowest BCUT2D eigenvalue weighted by Gasteiger charge is -2.08. The van der Waals surface area contributed by atoms with Crippen molar-refractivity contribution < 1.29 is 4.74 Å². The summed E-state index contributed by atoms with van der Waals surface area (Å²) < 4.78 is 6.53. The van der Waals surface area contributed by atoms with Gasteiger partial charge in [-0.25, -0.2) is 9.67 Å². The summed E-state index contributed by atoms with van der Waals surface area (Å²) in [5, 5.41) is 12.6.